The molecular weight excluding hydrogens is 378 g/mol. The van der Waals surface area contributed by atoms with Crippen LogP contribution in [0.4, 0.5) is 0 Å². The molecule has 1 aliphatic heterocycles. The van der Waals surface area contributed by atoms with E-state index in [0.717, 1.165) is 37.0 Å². The van der Waals surface area contributed by atoms with Crippen molar-refractivity contribution in [2.75, 3.05) is 13.1 Å². The second-order valence-corrected chi connectivity index (χ2v) is 7.69. The van der Waals surface area contributed by atoms with Gasteiger partial charge in [-0.25, -0.2) is 0 Å². The van der Waals surface area contributed by atoms with E-state index in [0.29, 0.717) is 6.42 Å². The number of Topliss-reactive ketones (excluding diaryl/α,β-unsaturated/α-hetero) is 1. The van der Waals surface area contributed by atoms with Crippen molar-refractivity contribution >= 4 is 39.7 Å². The van der Waals surface area contributed by atoms with Gasteiger partial charge in [0.15, 0.2) is 5.78 Å². The van der Waals surface area contributed by atoms with E-state index in [2.05, 4.69) is 77.7 Å². The van der Waals surface area contributed by atoms with Crippen molar-refractivity contribution in [2.24, 2.45) is 0 Å². The van der Waals surface area contributed by atoms with Crippen LogP contribution in [-0.2, 0) is 13.0 Å². The van der Waals surface area contributed by atoms with Crippen LogP contribution in [0.3, 0.4) is 0 Å². The molecule has 4 aromatic carbocycles. The van der Waals surface area contributed by atoms with Crippen LogP contribution in [0.25, 0.3) is 21.5 Å². The fraction of sp³-hybridized carbons (Fsp3) is 0.192. The quantitative estimate of drug-likeness (QED) is 0.306. The van der Waals surface area contributed by atoms with Gasteiger partial charge < -0.3 is 0 Å². The van der Waals surface area contributed by atoms with Crippen molar-refractivity contribution in [3.8, 4) is 0 Å². The van der Waals surface area contributed by atoms with Crippen molar-refractivity contribution in [1.29, 1.82) is 0 Å². The lowest BCUT2D eigenvalue weighted by molar-refractivity contribution is 0.0961. The molecule has 1 heterocycles. The highest BCUT2D eigenvalue weighted by Crippen LogP contribution is 2.27. The SMILES string of the molecule is Cl.O=C(CCN1CCc2ccccc2C1)c1ccc2ccc3ccccc3c2c1. The molecule has 146 valence electrons. The van der Waals surface area contributed by atoms with Gasteiger partial charge in [0, 0.05) is 31.6 Å². The molecule has 0 aliphatic carbocycles. The summed E-state index contributed by atoms with van der Waals surface area (Å²) in [6, 6.07) is 27.4. The van der Waals surface area contributed by atoms with Crippen LogP contribution in [0.2, 0.25) is 0 Å². The number of hydrogen-bond acceptors (Lipinski definition) is 2. The summed E-state index contributed by atoms with van der Waals surface area (Å²) in [6.07, 6.45) is 1.64. The molecule has 0 saturated heterocycles. The number of rotatable bonds is 4. The van der Waals surface area contributed by atoms with Gasteiger partial charge in [0.1, 0.15) is 0 Å². The Kier molecular flexibility index (Phi) is 5.66. The van der Waals surface area contributed by atoms with E-state index in [1.807, 2.05) is 6.07 Å². The maximum Gasteiger partial charge on any atom is 0.164 e. The number of halogens is 1. The Balaban J connectivity index is 0.00000205. The van der Waals surface area contributed by atoms with Gasteiger partial charge in [0.2, 0.25) is 0 Å². The lowest BCUT2D eigenvalue weighted by Crippen LogP contribution is -2.32. The molecule has 0 unspecified atom stereocenters. The molecule has 3 heteroatoms. The lowest BCUT2D eigenvalue weighted by Gasteiger charge is -2.28. The second kappa shape index (κ2) is 8.36. The normalized spacial score (nSPS) is 13.8. The Morgan fingerprint density at radius 3 is 2.34 bits per heavy atom. The smallest absolute Gasteiger partial charge is 0.164 e. The predicted molar refractivity (Wildman–Crippen MR) is 123 cm³/mol. The summed E-state index contributed by atoms with van der Waals surface area (Å²) in [6.45, 7) is 2.80. The molecule has 0 amide bonds. The minimum atomic E-state index is 0. The van der Waals surface area contributed by atoms with Gasteiger partial charge in [-0.3, -0.25) is 9.69 Å². The zero-order chi connectivity index (χ0) is 18.9. The van der Waals surface area contributed by atoms with E-state index in [1.54, 1.807) is 0 Å². The van der Waals surface area contributed by atoms with Crippen molar-refractivity contribution in [2.45, 2.75) is 19.4 Å². The molecule has 0 spiro atoms. The predicted octanol–water partition coefficient (Wildman–Crippen LogP) is 6.05. The Labute approximate surface area is 177 Å². The fourth-order valence-corrected chi connectivity index (χ4v) is 4.32. The number of ketones is 1. The first-order chi connectivity index (χ1) is 13.8. The summed E-state index contributed by atoms with van der Waals surface area (Å²) in [5.74, 6) is 0.230. The molecule has 29 heavy (non-hydrogen) atoms. The summed E-state index contributed by atoms with van der Waals surface area (Å²) in [5.41, 5.74) is 3.67. The summed E-state index contributed by atoms with van der Waals surface area (Å²) >= 11 is 0. The third-order valence-electron chi connectivity index (χ3n) is 5.93. The molecule has 1 aliphatic rings. The standard InChI is InChI=1S/C26H23NO.ClH/c28-26(14-16-27-15-13-19-5-1-2-7-23(19)18-27)22-12-11-21-10-9-20-6-3-4-8-24(20)25(21)17-22;/h1-12,17H,13-16,18H2;1H. The molecule has 0 N–H and O–H groups in total. The monoisotopic (exact) mass is 401 g/mol. The van der Waals surface area contributed by atoms with Crippen molar-refractivity contribution in [3.63, 3.8) is 0 Å². The molecule has 2 nitrogen and oxygen atoms in total. The number of nitrogens with zero attached hydrogens (tertiary/aromatic N) is 1. The van der Waals surface area contributed by atoms with Gasteiger partial charge >= 0.3 is 0 Å². The molecule has 5 rings (SSSR count). The van der Waals surface area contributed by atoms with Crippen molar-refractivity contribution < 1.29 is 4.79 Å². The van der Waals surface area contributed by atoms with Crippen LogP contribution in [0, 0.1) is 0 Å². The lowest BCUT2D eigenvalue weighted by atomic mass is 9.97. The van der Waals surface area contributed by atoms with Crippen LogP contribution < -0.4 is 0 Å². The fourth-order valence-electron chi connectivity index (χ4n) is 4.32. The number of fused-ring (bicyclic) bond motifs is 4. The first-order valence-electron chi connectivity index (χ1n) is 10.0. The number of hydrogen-bond donors (Lipinski definition) is 0. The maximum atomic E-state index is 12.9. The molecular formula is C26H24ClNO. The summed E-state index contributed by atoms with van der Waals surface area (Å²) in [7, 11) is 0. The van der Waals surface area contributed by atoms with Crippen molar-refractivity contribution in [1.82, 2.24) is 4.90 Å². The van der Waals surface area contributed by atoms with Crippen LogP contribution in [0.1, 0.15) is 27.9 Å². The molecule has 4 aromatic rings. The van der Waals surface area contributed by atoms with Gasteiger partial charge in [-0.15, -0.1) is 12.4 Å². The van der Waals surface area contributed by atoms with E-state index in [1.165, 1.54) is 27.3 Å². The second-order valence-electron chi connectivity index (χ2n) is 7.69. The largest absolute Gasteiger partial charge is 0.298 e. The molecule has 0 fully saturated rings. The van der Waals surface area contributed by atoms with E-state index < -0.39 is 0 Å². The highest BCUT2D eigenvalue weighted by Gasteiger charge is 2.17. The van der Waals surface area contributed by atoms with E-state index in [9.17, 15) is 4.79 Å². The molecule has 0 saturated carbocycles. The van der Waals surface area contributed by atoms with Gasteiger partial charge in [-0.05, 0) is 45.2 Å². The minimum Gasteiger partial charge on any atom is -0.298 e. The average molecular weight is 402 g/mol. The van der Waals surface area contributed by atoms with Gasteiger partial charge in [-0.2, -0.15) is 0 Å². The van der Waals surface area contributed by atoms with Gasteiger partial charge in [0.05, 0.1) is 0 Å². The van der Waals surface area contributed by atoms with Gasteiger partial charge in [-0.1, -0.05) is 72.8 Å². The third kappa shape index (κ3) is 3.91. The minimum absolute atomic E-state index is 0. The van der Waals surface area contributed by atoms with E-state index in [-0.39, 0.29) is 18.2 Å². The maximum absolute atomic E-state index is 12.9. The Morgan fingerprint density at radius 2 is 1.48 bits per heavy atom. The highest BCUT2D eigenvalue weighted by atomic mass is 35.5. The average Bonchev–Trinajstić information content (AvgIpc) is 2.77. The number of benzene rings is 4. The van der Waals surface area contributed by atoms with Crippen LogP contribution in [0.5, 0.6) is 0 Å². The van der Waals surface area contributed by atoms with Crippen LogP contribution in [0.15, 0.2) is 78.9 Å². The molecule has 0 aromatic heterocycles. The molecule has 0 radical (unpaired) electrons. The third-order valence-corrected chi connectivity index (χ3v) is 5.93. The molecule has 0 atom stereocenters. The first-order valence-corrected chi connectivity index (χ1v) is 10.0. The van der Waals surface area contributed by atoms with Crippen molar-refractivity contribution in [3.05, 3.63) is 95.6 Å². The van der Waals surface area contributed by atoms with E-state index >= 15 is 0 Å². The number of carbonyl (C=O) groups excluding carboxylic acids is 1. The van der Waals surface area contributed by atoms with Crippen LogP contribution >= 0.6 is 12.4 Å². The topological polar surface area (TPSA) is 20.3 Å². The Hall–Kier alpha value is -2.68. The zero-order valence-electron chi connectivity index (χ0n) is 16.3. The van der Waals surface area contributed by atoms with E-state index in [4.69, 9.17) is 0 Å². The Bertz CT molecular complexity index is 1180. The van der Waals surface area contributed by atoms with Crippen LogP contribution in [-0.4, -0.2) is 23.8 Å². The first kappa shape index (κ1) is 19.6. The zero-order valence-corrected chi connectivity index (χ0v) is 17.1. The highest BCUT2D eigenvalue weighted by molar-refractivity contribution is 6.10. The summed E-state index contributed by atoms with van der Waals surface area (Å²) in [5, 5.41) is 4.77. The Morgan fingerprint density at radius 1 is 0.793 bits per heavy atom. The van der Waals surface area contributed by atoms with Gasteiger partial charge in [0.25, 0.3) is 0 Å². The number of carbonyl (C=O) groups is 1. The summed E-state index contributed by atoms with van der Waals surface area (Å²) in [4.78, 5) is 15.3. The summed E-state index contributed by atoms with van der Waals surface area (Å²) < 4.78 is 0. The molecule has 0 bridgehead atoms.